The van der Waals surface area contributed by atoms with E-state index in [9.17, 15) is 9.18 Å². The van der Waals surface area contributed by atoms with Gasteiger partial charge in [-0.3, -0.25) is 0 Å². The molecule has 2 aromatic rings. The average molecular weight is 276 g/mol. The van der Waals surface area contributed by atoms with Gasteiger partial charge in [0.15, 0.2) is 0 Å². The highest BCUT2D eigenvalue weighted by Crippen LogP contribution is 2.26. The zero-order valence-electron chi connectivity index (χ0n) is 11.0. The third kappa shape index (κ3) is 2.85. The molecule has 0 fully saturated rings. The number of nitrogens with zero attached hydrogens (tertiary/aromatic N) is 1. The van der Waals surface area contributed by atoms with E-state index in [4.69, 9.17) is 10.5 Å². The molecule has 1 aromatic heterocycles. The number of aromatic nitrogens is 1. The predicted octanol–water partition coefficient (Wildman–Crippen LogP) is 2.69. The minimum Gasteiger partial charge on any atom is -0.465 e. The Hall–Kier alpha value is -2.63. The normalized spacial score (nSPS) is 10.2. The van der Waals surface area contributed by atoms with Gasteiger partial charge in [0.2, 0.25) is 5.88 Å². The zero-order valence-corrected chi connectivity index (χ0v) is 11.0. The van der Waals surface area contributed by atoms with Gasteiger partial charge in [-0.25, -0.2) is 14.2 Å². The van der Waals surface area contributed by atoms with Crippen LogP contribution in [-0.4, -0.2) is 18.1 Å². The van der Waals surface area contributed by atoms with Crippen molar-refractivity contribution in [1.29, 1.82) is 0 Å². The highest BCUT2D eigenvalue weighted by Gasteiger charge is 2.16. The number of methoxy groups -OCH3 is 1. The number of benzene rings is 1. The number of nitrogen functional groups attached to an aromatic ring is 1. The number of pyridine rings is 1. The third-order valence-electron chi connectivity index (χ3n) is 2.62. The minimum absolute atomic E-state index is 0.0528. The predicted molar refractivity (Wildman–Crippen MR) is 71.2 cm³/mol. The fraction of sp³-hybridized carbons (Fsp3) is 0.143. The second-order valence-electron chi connectivity index (χ2n) is 4.13. The first kappa shape index (κ1) is 13.8. The molecule has 0 saturated heterocycles. The van der Waals surface area contributed by atoms with Crippen molar-refractivity contribution in [3.63, 3.8) is 0 Å². The first-order valence-electron chi connectivity index (χ1n) is 5.79. The molecule has 0 amide bonds. The second kappa shape index (κ2) is 5.56. The number of hydrogen-bond acceptors (Lipinski definition) is 5. The topological polar surface area (TPSA) is 74.4 Å². The molecule has 0 atom stereocenters. The molecule has 104 valence electrons. The summed E-state index contributed by atoms with van der Waals surface area (Å²) in [5.41, 5.74) is 6.43. The van der Waals surface area contributed by atoms with Gasteiger partial charge < -0.3 is 15.2 Å². The summed E-state index contributed by atoms with van der Waals surface area (Å²) >= 11 is 0. The van der Waals surface area contributed by atoms with Gasteiger partial charge in [0.25, 0.3) is 0 Å². The van der Waals surface area contributed by atoms with Crippen LogP contribution in [0.25, 0.3) is 0 Å². The van der Waals surface area contributed by atoms with Crippen LogP contribution in [0.3, 0.4) is 0 Å². The lowest BCUT2D eigenvalue weighted by Crippen LogP contribution is -2.06. The monoisotopic (exact) mass is 276 g/mol. The van der Waals surface area contributed by atoms with Crippen LogP contribution in [0.15, 0.2) is 30.5 Å². The molecule has 1 heterocycles. The number of carbonyl (C=O) groups excluding carboxylic acids is 1. The van der Waals surface area contributed by atoms with Crippen molar-refractivity contribution in [3.05, 3.63) is 47.4 Å². The smallest absolute Gasteiger partial charge is 0.343 e. The SMILES string of the molecule is COC(=O)c1cc(N)cnc1Oc1ccc(F)c(C)c1. The van der Waals surface area contributed by atoms with Crippen LogP contribution in [0.4, 0.5) is 10.1 Å². The molecular weight excluding hydrogens is 263 g/mol. The number of aryl methyl sites for hydroxylation is 1. The Morgan fingerprint density at radius 2 is 2.10 bits per heavy atom. The van der Waals surface area contributed by atoms with Crippen molar-refractivity contribution in [2.45, 2.75) is 6.92 Å². The molecule has 0 saturated carbocycles. The summed E-state index contributed by atoms with van der Waals surface area (Å²) in [7, 11) is 1.25. The van der Waals surface area contributed by atoms with E-state index in [1.54, 1.807) is 6.92 Å². The molecule has 0 aliphatic heterocycles. The number of esters is 1. The summed E-state index contributed by atoms with van der Waals surface area (Å²) in [4.78, 5) is 15.6. The first-order chi connectivity index (χ1) is 9.51. The maximum Gasteiger partial charge on any atom is 0.343 e. The number of anilines is 1. The number of carbonyl (C=O) groups is 1. The summed E-state index contributed by atoms with van der Waals surface area (Å²) in [5.74, 6) is -0.530. The van der Waals surface area contributed by atoms with E-state index in [1.807, 2.05) is 0 Å². The molecule has 2 N–H and O–H groups in total. The molecule has 6 heteroatoms. The van der Waals surface area contributed by atoms with E-state index in [0.717, 1.165) is 0 Å². The minimum atomic E-state index is -0.612. The van der Waals surface area contributed by atoms with E-state index in [2.05, 4.69) is 9.72 Å². The van der Waals surface area contributed by atoms with Crippen LogP contribution in [0.5, 0.6) is 11.6 Å². The van der Waals surface area contributed by atoms with Gasteiger partial charge in [0.05, 0.1) is 19.0 Å². The van der Waals surface area contributed by atoms with Crippen molar-refractivity contribution >= 4 is 11.7 Å². The van der Waals surface area contributed by atoms with Gasteiger partial charge in [0, 0.05) is 0 Å². The van der Waals surface area contributed by atoms with Gasteiger partial charge >= 0.3 is 5.97 Å². The van der Waals surface area contributed by atoms with Crippen molar-refractivity contribution in [2.24, 2.45) is 0 Å². The summed E-state index contributed by atoms with van der Waals surface area (Å²) in [6.07, 6.45) is 1.36. The van der Waals surface area contributed by atoms with Crippen molar-refractivity contribution < 1.29 is 18.7 Å². The molecule has 0 spiro atoms. The van der Waals surface area contributed by atoms with Crippen LogP contribution >= 0.6 is 0 Å². The number of hydrogen-bond donors (Lipinski definition) is 1. The van der Waals surface area contributed by atoms with E-state index < -0.39 is 5.97 Å². The molecule has 0 aliphatic carbocycles. The fourth-order valence-corrected chi connectivity index (χ4v) is 1.60. The van der Waals surface area contributed by atoms with Gasteiger partial charge in [-0.1, -0.05) is 0 Å². The number of halogens is 1. The maximum atomic E-state index is 13.2. The standard InChI is InChI=1S/C14H13FN2O3/c1-8-5-10(3-4-12(8)15)20-13-11(14(18)19-2)6-9(16)7-17-13/h3-7H,16H2,1-2H3. The van der Waals surface area contributed by atoms with Crippen molar-refractivity contribution in [2.75, 3.05) is 12.8 Å². The summed E-state index contributed by atoms with van der Waals surface area (Å²) in [6.45, 7) is 1.61. The Kier molecular flexibility index (Phi) is 3.84. The van der Waals surface area contributed by atoms with E-state index >= 15 is 0 Å². The molecular formula is C14H13FN2O3. The van der Waals surface area contributed by atoms with Crippen LogP contribution in [0.1, 0.15) is 15.9 Å². The Morgan fingerprint density at radius 3 is 2.75 bits per heavy atom. The molecule has 0 bridgehead atoms. The number of rotatable bonds is 3. The summed E-state index contributed by atoms with van der Waals surface area (Å²) in [6, 6.07) is 5.64. The highest BCUT2D eigenvalue weighted by molar-refractivity contribution is 5.92. The molecule has 0 aliphatic rings. The van der Waals surface area contributed by atoms with Crippen molar-refractivity contribution in [3.8, 4) is 11.6 Å². The molecule has 0 radical (unpaired) electrons. The zero-order chi connectivity index (χ0) is 14.7. The molecule has 2 rings (SSSR count). The van der Waals surface area contributed by atoms with E-state index in [0.29, 0.717) is 17.0 Å². The van der Waals surface area contributed by atoms with Crippen LogP contribution < -0.4 is 10.5 Å². The first-order valence-corrected chi connectivity index (χ1v) is 5.79. The number of nitrogens with two attached hydrogens (primary N) is 1. The average Bonchev–Trinajstić information content (AvgIpc) is 2.44. The van der Waals surface area contributed by atoms with Gasteiger partial charge in [-0.05, 0) is 36.8 Å². The molecule has 5 nitrogen and oxygen atoms in total. The van der Waals surface area contributed by atoms with E-state index in [-0.39, 0.29) is 17.3 Å². The van der Waals surface area contributed by atoms with Gasteiger partial charge in [0.1, 0.15) is 17.1 Å². The summed E-state index contributed by atoms with van der Waals surface area (Å²) < 4.78 is 23.3. The largest absolute Gasteiger partial charge is 0.465 e. The quantitative estimate of drug-likeness (QED) is 0.872. The van der Waals surface area contributed by atoms with Gasteiger partial charge in [-0.15, -0.1) is 0 Å². The number of ether oxygens (including phenoxy) is 2. The maximum absolute atomic E-state index is 13.2. The Bertz CT molecular complexity index is 659. The third-order valence-corrected chi connectivity index (χ3v) is 2.62. The Labute approximate surface area is 115 Å². The van der Waals surface area contributed by atoms with Crippen LogP contribution in [-0.2, 0) is 4.74 Å². The van der Waals surface area contributed by atoms with Crippen LogP contribution in [0.2, 0.25) is 0 Å². The molecule has 0 unspecified atom stereocenters. The fourth-order valence-electron chi connectivity index (χ4n) is 1.60. The van der Waals surface area contributed by atoms with Crippen LogP contribution in [0, 0.1) is 12.7 Å². The van der Waals surface area contributed by atoms with Crippen molar-refractivity contribution in [1.82, 2.24) is 4.98 Å². The Morgan fingerprint density at radius 1 is 1.35 bits per heavy atom. The lowest BCUT2D eigenvalue weighted by atomic mass is 10.2. The summed E-state index contributed by atoms with van der Waals surface area (Å²) in [5, 5.41) is 0. The lowest BCUT2D eigenvalue weighted by molar-refractivity contribution is 0.0597. The highest BCUT2D eigenvalue weighted by atomic mass is 19.1. The Balaban J connectivity index is 2.37. The van der Waals surface area contributed by atoms with E-state index in [1.165, 1.54) is 37.6 Å². The second-order valence-corrected chi connectivity index (χ2v) is 4.13. The molecule has 20 heavy (non-hydrogen) atoms. The van der Waals surface area contributed by atoms with Gasteiger partial charge in [-0.2, -0.15) is 0 Å². The lowest BCUT2D eigenvalue weighted by Gasteiger charge is -2.10. The molecule has 1 aromatic carbocycles.